The van der Waals surface area contributed by atoms with Crippen molar-refractivity contribution in [3.05, 3.63) is 56.7 Å². The molecule has 2 unspecified atom stereocenters. The minimum absolute atomic E-state index is 0.0126. The van der Waals surface area contributed by atoms with Crippen molar-refractivity contribution in [2.45, 2.75) is 44.3 Å². The number of nitriles is 1. The summed E-state index contributed by atoms with van der Waals surface area (Å²) in [4.78, 5) is 36.0. The maximum atomic E-state index is 13.8. The molecule has 0 spiro atoms. The van der Waals surface area contributed by atoms with Crippen molar-refractivity contribution in [1.82, 2.24) is 14.5 Å². The van der Waals surface area contributed by atoms with Gasteiger partial charge in [-0.1, -0.05) is 18.2 Å². The number of carbonyl (C=O) groups is 1. The number of hydrogen-bond donors (Lipinski definition) is 2. The molecule has 9 nitrogen and oxygen atoms in total. The molecule has 182 valence electrons. The zero-order valence-electron chi connectivity index (χ0n) is 19.4. The SMILES string of the molecule is N#Cc1ccccc1Cn1c(N2CCCC(N)C2)nc2cc(C(=O)N3CCCC3CO)sc2c1=O. The Balaban J connectivity index is 1.61. The highest BCUT2D eigenvalue weighted by Crippen LogP contribution is 2.29. The van der Waals surface area contributed by atoms with Crippen LogP contribution in [0.1, 0.15) is 46.5 Å². The third-order valence-corrected chi connectivity index (χ3v) is 7.98. The van der Waals surface area contributed by atoms with Crippen molar-refractivity contribution < 1.29 is 9.90 Å². The number of amides is 1. The Morgan fingerprint density at radius 2 is 2.06 bits per heavy atom. The molecule has 2 aromatic heterocycles. The second kappa shape index (κ2) is 9.77. The van der Waals surface area contributed by atoms with E-state index in [2.05, 4.69) is 6.07 Å². The lowest BCUT2D eigenvalue weighted by Crippen LogP contribution is -2.45. The lowest BCUT2D eigenvalue weighted by Gasteiger charge is -2.33. The third-order valence-electron chi connectivity index (χ3n) is 6.88. The number of rotatable bonds is 5. The predicted octanol–water partition coefficient (Wildman–Crippen LogP) is 1.90. The van der Waals surface area contributed by atoms with E-state index in [0.717, 1.165) is 49.1 Å². The summed E-state index contributed by atoms with van der Waals surface area (Å²) in [6, 6.07) is 10.9. The summed E-state index contributed by atoms with van der Waals surface area (Å²) in [7, 11) is 0. The van der Waals surface area contributed by atoms with Crippen molar-refractivity contribution in [3.63, 3.8) is 0 Å². The molecule has 3 N–H and O–H groups in total. The molecule has 0 radical (unpaired) electrons. The Kier molecular flexibility index (Phi) is 6.56. The Labute approximate surface area is 207 Å². The van der Waals surface area contributed by atoms with Crippen LogP contribution in [0, 0.1) is 11.3 Å². The number of aromatic nitrogens is 2. The first kappa shape index (κ1) is 23.5. The van der Waals surface area contributed by atoms with E-state index in [9.17, 15) is 20.0 Å². The molecular formula is C25H28N6O3S. The van der Waals surface area contributed by atoms with E-state index in [1.54, 1.807) is 27.7 Å². The van der Waals surface area contributed by atoms with Crippen molar-refractivity contribution in [2.24, 2.45) is 5.73 Å². The van der Waals surface area contributed by atoms with Gasteiger partial charge in [-0.05, 0) is 43.4 Å². The summed E-state index contributed by atoms with van der Waals surface area (Å²) in [5.74, 6) is 0.337. The summed E-state index contributed by atoms with van der Waals surface area (Å²) in [5, 5.41) is 19.2. The maximum Gasteiger partial charge on any atom is 0.273 e. The molecule has 1 amide bonds. The summed E-state index contributed by atoms with van der Waals surface area (Å²) < 4.78 is 2.01. The van der Waals surface area contributed by atoms with Crippen molar-refractivity contribution in [2.75, 3.05) is 31.1 Å². The van der Waals surface area contributed by atoms with Crippen LogP contribution in [0.4, 0.5) is 5.95 Å². The highest BCUT2D eigenvalue weighted by Gasteiger charge is 2.31. The highest BCUT2D eigenvalue weighted by molar-refractivity contribution is 7.20. The number of thiophene rings is 1. The van der Waals surface area contributed by atoms with Crippen LogP contribution in [0.2, 0.25) is 0 Å². The predicted molar refractivity (Wildman–Crippen MR) is 135 cm³/mol. The van der Waals surface area contributed by atoms with Gasteiger partial charge in [0.05, 0.1) is 41.2 Å². The fourth-order valence-corrected chi connectivity index (χ4v) is 6.05. The Morgan fingerprint density at radius 3 is 2.83 bits per heavy atom. The summed E-state index contributed by atoms with van der Waals surface area (Å²) >= 11 is 1.15. The molecule has 0 aliphatic carbocycles. The van der Waals surface area contributed by atoms with Gasteiger partial charge in [-0.25, -0.2) is 4.98 Å². The van der Waals surface area contributed by atoms with Crippen molar-refractivity contribution in [3.8, 4) is 6.07 Å². The summed E-state index contributed by atoms with van der Waals surface area (Å²) in [5.41, 5.74) is 7.73. The molecule has 35 heavy (non-hydrogen) atoms. The van der Waals surface area contributed by atoms with Gasteiger partial charge in [0.1, 0.15) is 4.70 Å². The number of aliphatic hydroxyl groups excluding tert-OH is 1. The van der Waals surface area contributed by atoms with Crippen LogP contribution in [0.25, 0.3) is 10.2 Å². The molecule has 0 bridgehead atoms. The second-order valence-electron chi connectivity index (χ2n) is 9.22. The molecule has 2 aliphatic heterocycles. The summed E-state index contributed by atoms with van der Waals surface area (Å²) in [6.07, 6.45) is 3.44. The van der Waals surface area contributed by atoms with Gasteiger partial charge in [0, 0.05) is 25.7 Å². The molecule has 2 atom stereocenters. The molecule has 0 saturated carbocycles. The van der Waals surface area contributed by atoms with Crippen LogP contribution in [0.15, 0.2) is 35.1 Å². The van der Waals surface area contributed by atoms with E-state index in [4.69, 9.17) is 10.7 Å². The molecular weight excluding hydrogens is 464 g/mol. The largest absolute Gasteiger partial charge is 0.394 e. The van der Waals surface area contributed by atoms with Crippen LogP contribution in [-0.4, -0.2) is 63.8 Å². The smallest absolute Gasteiger partial charge is 0.273 e. The first-order chi connectivity index (χ1) is 17.0. The van der Waals surface area contributed by atoms with Crippen molar-refractivity contribution in [1.29, 1.82) is 5.26 Å². The van der Waals surface area contributed by atoms with Gasteiger partial charge < -0.3 is 20.6 Å². The zero-order chi connectivity index (χ0) is 24.5. The molecule has 4 heterocycles. The molecule has 5 rings (SSSR count). The zero-order valence-corrected chi connectivity index (χ0v) is 20.2. The number of anilines is 1. The van der Waals surface area contributed by atoms with Crippen LogP contribution >= 0.6 is 11.3 Å². The lowest BCUT2D eigenvalue weighted by atomic mass is 10.1. The average Bonchev–Trinajstić information content (AvgIpc) is 3.53. The van der Waals surface area contributed by atoms with Gasteiger partial charge in [0.15, 0.2) is 0 Å². The van der Waals surface area contributed by atoms with Crippen LogP contribution in [0.5, 0.6) is 0 Å². The fraction of sp³-hybridized carbons (Fsp3) is 0.440. The molecule has 2 saturated heterocycles. The van der Waals surface area contributed by atoms with Gasteiger partial charge in [0.2, 0.25) is 5.95 Å². The minimum Gasteiger partial charge on any atom is -0.394 e. The third kappa shape index (κ3) is 4.43. The van der Waals surface area contributed by atoms with E-state index in [1.165, 1.54) is 0 Å². The number of piperidine rings is 1. The number of fused-ring (bicyclic) bond motifs is 1. The number of hydrogen-bond acceptors (Lipinski definition) is 8. The van der Waals surface area contributed by atoms with E-state index < -0.39 is 0 Å². The molecule has 2 aliphatic rings. The lowest BCUT2D eigenvalue weighted by molar-refractivity contribution is 0.0682. The number of aliphatic hydroxyl groups is 1. The highest BCUT2D eigenvalue weighted by atomic mass is 32.1. The Bertz CT molecular complexity index is 1360. The van der Waals surface area contributed by atoms with Gasteiger partial charge in [-0.3, -0.25) is 14.2 Å². The molecule has 10 heteroatoms. The molecule has 2 fully saturated rings. The van der Waals surface area contributed by atoms with Gasteiger partial charge >= 0.3 is 0 Å². The van der Waals surface area contributed by atoms with E-state index in [1.807, 2.05) is 17.0 Å². The maximum absolute atomic E-state index is 13.8. The van der Waals surface area contributed by atoms with Gasteiger partial charge in [0.25, 0.3) is 11.5 Å². The van der Waals surface area contributed by atoms with Crippen LogP contribution in [0.3, 0.4) is 0 Å². The molecule has 1 aromatic carbocycles. The molecule has 3 aromatic rings. The first-order valence-electron chi connectivity index (χ1n) is 11.9. The quantitative estimate of drug-likeness (QED) is 0.557. The number of carbonyl (C=O) groups excluding carboxylic acids is 1. The normalized spacial score (nSPS) is 20.4. The van der Waals surface area contributed by atoms with E-state index in [0.29, 0.717) is 39.7 Å². The standard InChI is InChI=1S/C25H28N6O3S/c26-12-16-5-1-2-6-17(16)13-31-24(34)22-20(28-25(31)29-9-3-7-18(27)14-29)11-21(35-22)23(33)30-10-4-8-19(30)15-32/h1-2,5-6,11,18-19,32H,3-4,7-10,13-15,27H2. The monoisotopic (exact) mass is 492 g/mol. The minimum atomic E-state index is -0.235. The average molecular weight is 493 g/mol. The summed E-state index contributed by atoms with van der Waals surface area (Å²) in [6.45, 7) is 2.04. The van der Waals surface area contributed by atoms with Gasteiger partial charge in [-0.15, -0.1) is 11.3 Å². The number of nitrogens with two attached hydrogens (primary N) is 1. The number of nitrogens with zero attached hydrogens (tertiary/aromatic N) is 5. The topological polar surface area (TPSA) is 128 Å². The van der Waals surface area contributed by atoms with Gasteiger partial charge in [-0.2, -0.15) is 5.26 Å². The van der Waals surface area contributed by atoms with E-state index in [-0.39, 0.29) is 36.7 Å². The van der Waals surface area contributed by atoms with E-state index >= 15 is 0 Å². The first-order valence-corrected chi connectivity index (χ1v) is 12.8. The van der Waals surface area contributed by atoms with Crippen molar-refractivity contribution >= 4 is 33.4 Å². The Hall–Kier alpha value is -3.26. The number of benzene rings is 1. The van der Waals surface area contributed by atoms with Crippen LogP contribution in [-0.2, 0) is 6.54 Å². The Morgan fingerprint density at radius 1 is 1.26 bits per heavy atom. The number of likely N-dealkylation sites (tertiary alicyclic amines) is 1. The second-order valence-corrected chi connectivity index (χ2v) is 10.3. The fourth-order valence-electron chi connectivity index (χ4n) is 5.05. The van der Waals surface area contributed by atoms with Crippen LogP contribution < -0.4 is 16.2 Å².